The zero-order valence-electron chi connectivity index (χ0n) is 9.75. The van der Waals surface area contributed by atoms with Crippen LogP contribution in [0.5, 0.6) is 0 Å². The molecule has 0 radical (unpaired) electrons. The summed E-state index contributed by atoms with van der Waals surface area (Å²) in [5.41, 5.74) is 2.64. The summed E-state index contributed by atoms with van der Waals surface area (Å²) in [6.07, 6.45) is 1.25. The van der Waals surface area contributed by atoms with Crippen LogP contribution in [0.4, 0.5) is 5.69 Å². The minimum atomic E-state index is 0.780. The molecular formula is C13H21N. The number of anilines is 1. The van der Waals surface area contributed by atoms with Crippen molar-refractivity contribution in [2.75, 3.05) is 18.5 Å². The molecule has 0 spiro atoms. The highest BCUT2D eigenvalue weighted by atomic mass is 15.1. The SMILES string of the molecule is Cc1ccc(N(C)CCC(C)C)cc1. The minimum Gasteiger partial charge on any atom is -0.375 e. The fourth-order valence-electron chi connectivity index (χ4n) is 1.38. The van der Waals surface area contributed by atoms with Crippen molar-refractivity contribution >= 4 is 5.69 Å². The zero-order valence-corrected chi connectivity index (χ0v) is 9.75. The molecule has 0 amide bonds. The smallest absolute Gasteiger partial charge is 0.0363 e. The Balaban J connectivity index is 2.52. The molecule has 1 heteroatoms. The summed E-state index contributed by atoms with van der Waals surface area (Å²) in [7, 11) is 2.16. The van der Waals surface area contributed by atoms with Crippen molar-refractivity contribution in [3.05, 3.63) is 29.8 Å². The van der Waals surface area contributed by atoms with E-state index in [0.29, 0.717) is 0 Å². The predicted octanol–water partition coefficient (Wildman–Crippen LogP) is 3.48. The monoisotopic (exact) mass is 191 g/mol. The number of aryl methyl sites for hydroxylation is 1. The van der Waals surface area contributed by atoms with E-state index >= 15 is 0 Å². The van der Waals surface area contributed by atoms with Crippen molar-refractivity contribution in [1.29, 1.82) is 0 Å². The zero-order chi connectivity index (χ0) is 10.6. The third-order valence-corrected chi connectivity index (χ3v) is 2.52. The van der Waals surface area contributed by atoms with E-state index in [9.17, 15) is 0 Å². The van der Waals surface area contributed by atoms with Crippen LogP contribution in [-0.4, -0.2) is 13.6 Å². The van der Waals surface area contributed by atoms with Gasteiger partial charge in [-0.2, -0.15) is 0 Å². The Morgan fingerprint density at radius 3 is 2.21 bits per heavy atom. The van der Waals surface area contributed by atoms with Crippen LogP contribution < -0.4 is 4.90 Å². The Labute approximate surface area is 87.7 Å². The van der Waals surface area contributed by atoms with Gasteiger partial charge in [0.15, 0.2) is 0 Å². The van der Waals surface area contributed by atoms with E-state index in [1.807, 2.05) is 0 Å². The molecule has 0 aliphatic carbocycles. The first-order chi connectivity index (χ1) is 6.59. The molecule has 0 heterocycles. The standard InChI is InChI=1S/C13H21N/c1-11(2)9-10-14(4)13-7-5-12(3)6-8-13/h5-8,11H,9-10H2,1-4H3. The van der Waals surface area contributed by atoms with Crippen LogP contribution in [0.2, 0.25) is 0 Å². The van der Waals surface area contributed by atoms with Crippen molar-refractivity contribution in [3.8, 4) is 0 Å². The fourth-order valence-corrected chi connectivity index (χ4v) is 1.38. The Hall–Kier alpha value is -0.980. The number of hydrogen-bond donors (Lipinski definition) is 0. The third-order valence-electron chi connectivity index (χ3n) is 2.52. The maximum Gasteiger partial charge on any atom is 0.0363 e. The maximum atomic E-state index is 2.32. The highest BCUT2D eigenvalue weighted by molar-refractivity contribution is 5.46. The second-order valence-electron chi connectivity index (χ2n) is 4.44. The number of benzene rings is 1. The molecule has 0 aliphatic heterocycles. The molecule has 0 saturated heterocycles. The Bertz CT molecular complexity index is 261. The number of hydrogen-bond acceptors (Lipinski definition) is 1. The molecule has 0 aliphatic rings. The van der Waals surface area contributed by atoms with Gasteiger partial charge in [0.05, 0.1) is 0 Å². The molecule has 0 aromatic heterocycles. The second-order valence-corrected chi connectivity index (χ2v) is 4.44. The molecule has 0 saturated carbocycles. The van der Waals surface area contributed by atoms with Crippen LogP contribution in [0.25, 0.3) is 0 Å². The number of rotatable bonds is 4. The Morgan fingerprint density at radius 2 is 1.71 bits per heavy atom. The van der Waals surface area contributed by atoms with Gasteiger partial charge in [-0.1, -0.05) is 31.5 Å². The van der Waals surface area contributed by atoms with Crippen molar-refractivity contribution in [1.82, 2.24) is 0 Å². The molecule has 0 bridgehead atoms. The van der Waals surface area contributed by atoms with Crippen molar-refractivity contribution in [2.24, 2.45) is 5.92 Å². The van der Waals surface area contributed by atoms with Gasteiger partial charge < -0.3 is 4.90 Å². The second kappa shape index (κ2) is 5.04. The Morgan fingerprint density at radius 1 is 1.14 bits per heavy atom. The molecule has 0 fully saturated rings. The molecule has 14 heavy (non-hydrogen) atoms. The summed E-state index contributed by atoms with van der Waals surface area (Å²) in [4.78, 5) is 2.32. The van der Waals surface area contributed by atoms with E-state index < -0.39 is 0 Å². The highest BCUT2D eigenvalue weighted by Crippen LogP contribution is 2.14. The molecule has 1 aromatic rings. The molecule has 1 aromatic carbocycles. The van der Waals surface area contributed by atoms with Gasteiger partial charge in [0.25, 0.3) is 0 Å². The lowest BCUT2D eigenvalue weighted by Crippen LogP contribution is -2.19. The van der Waals surface area contributed by atoms with Crippen molar-refractivity contribution < 1.29 is 0 Å². The summed E-state index contributed by atoms with van der Waals surface area (Å²) in [6.45, 7) is 7.80. The van der Waals surface area contributed by atoms with Gasteiger partial charge in [0, 0.05) is 19.3 Å². The molecule has 0 atom stereocenters. The Kier molecular flexibility index (Phi) is 3.99. The van der Waals surface area contributed by atoms with E-state index in [-0.39, 0.29) is 0 Å². The lowest BCUT2D eigenvalue weighted by molar-refractivity contribution is 0.585. The summed E-state index contributed by atoms with van der Waals surface area (Å²) >= 11 is 0. The lowest BCUT2D eigenvalue weighted by Gasteiger charge is -2.20. The van der Waals surface area contributed by atoms with E-state index in [4.69, 9.17) is 0 Å². The molecule has 1 rings (SSSR count). The van der Waals surface area contributed by atoms with Crippen LogP contribution >= 0.6 is 0 Å². The molecule has 0 unspecified atom stereocenters. The van der Waals surface area contributed by atoms with Gasteiger partial charge in [0.1, 0.15) is 0 Å². The van der Waals surface area contributed by atoms with E-state index in [0.717, 1.165) is 12.5 Å². The topological polar surface area (TPSA) is 3.24 Å². The summed E-state index contributed by atoms with van der Waals surface area (Å²) in [6, 6.07) is 8.72. The normalized spacial score (nSPS) is 10.6. The lowest BCUT2D eigenvalue weighted by atomic mass is 10.1. The van der Waals surface area contributed by atoms with Crippen molar-refractivity contribution in [2.45, 2.75) is 27.2 Å². The van der Waals surface area contributed by atoms with Gasteiger partial charge >= 0.3 is 0 Å². The fraction of sp³-hybridized carbons (Fsp3) is 0.538. The van der Waals surface area contributed by atoms with Crippen LogP contribution in [0.1, 0.15) is 25.8 Å². The average molecular weight is 191 g/mol. The third kappa shape index (κ3) is 3.41. The first-order valence-corrected chi connectivity index (χ1v) is 5.37. The first-order valence-electron chi connectivity index (χ1n) is 5.37. The molecule has 0 N–H and O–H groups in total. The van der Waals surface area contributed by atoms with Crippen LogP contribution in [0.15, 0.2) is 24.3 Å². The van der Waals surface area contributed by atoms with Crippen molar-refractivity contribution in [3.63, 3.8) is 0 Å². The summed E-state index contributed by atoms with van der Waals surface area (Å²) < 4.78 is 0. The summed E-state index contributed by atoms with van der Waals surface area (Å²) in [5.74, 6) is 0.780. The van der Waals surface area contributed by atoms with Crippen LogP contribution in [0.3, 0.4) is 0 Å². The van der Waals surface area contributed by atoms with E-state index in [2.05, 4.69) is 57.0 Å². The van der Waals surface area contributed by atoms with Gasteiger partial charge in [0.2, 0.25) is 0 Å². The van der Waals surface area contributed by atoms with Gasteiger partial charge in [-0.3, -0.25) is 0 Å². The van der Waals surface area contributed by atoms with Crippen LogP contribution in [0, 0.1) is 12.8 Å². The van der Waals surface area contributed by atoms with E-state index in [1.165, 1.54) is 17.7 Å². The average Bonchev–Trinajstić information content (AvgIpc) is 2.15. The van der Waals surface area contributed by atoms with Crippen LogP contribution in [-0.2, 0) is 0 Å². The quantitative estimate of drug-likeness (QED) is 0.704. The number of nitrogens with zero attached hydrogens (tertiary/aromatic N) is 1. The highest BCUT2D eigenvalue weighted by Gasteiger charge is 2.01. The maximum absolute atomic E-state index is 2.32. The molecular weight excluding hydrogens is 170 g/mol. The molecule has 1 nitrogen and oxygen atoms in total. The largest absolute Gasteiger partial charge is 0.375 e. The van der Waals surface area contributed by atoms with Gasteiger partial charge in [-0.25, -0.2) is 0 Å². The van der Waals surface area contributed by atoms with E-state index in [1.54, 1.807) is 0 Å². The van der Waals surface area contributed by atoms with Gasteiger partial charge in [-0.05, 0) is 31.4 Å². The minimum absolute atomic E-state index is 0.780. The predicted molar refractivity (Wildman–Crippen MR) is 63.9 cm³/mol. The first kappa shape index (κ1) is 11.1. The molecule has 78 valence electrons. The summed E-state index contributed by atoms with van der Waals surface area (Å²) in [5, 5.41) is 0. The van der Waals surface area contributed by atoms with Gasteiger partial charge in [-0.15, -0.1) is 0 Å².